The van der Waals surface area contributed by atoms with Crippen LogP contribution in [0.5, 0.6) is 0 Å². The van der Waals surface area contributed by atoms with Crippen LogP contribution in [0.3, 0.4) is 0 Å². The van der Waals surface area contributed by atoms with Gasteiger partial charge < -0.3 is 16.8 Å². The molecule has 9 heteroatoms. The van der Waals surface area contributed by atoms with E-state index in [0.29, 0.717) is 0 Å². The average molecular weight is 252 g/mol. The number of nitrogens with two attached hydrogens (primary N) is 2. The lowest BCUT2D eigenvalue weighted by Crippen LogP contribution is -2.44. The minimum atomic E-state index is -3.36. The Hall–Kier alpha value is -1.19. The van der Waals surface area contributed by atoms with E-state index < -0.39 is 27.9 Å². The molecule has 0 spiro atoms. The van der Waals surface area contributed by atoms with E-state index in [-0.39, 0.29) is 18.7 Å². The molecule has 0 aliphatic carbocycles. The second-order valence-electron chi connectivity index (χ2n) is 3.09. The van der Waals surface area contributed by atoms with Crippen molar-refractivity contribution >= 4 is 21.8 Å². The monoisotopic (exact) mass is 252 g/mol. The van der Waals surface area contributed by atoms with Crippen molar-refractivity contribution in [2.24, 2.45) is 11.5 Å². The number of carbonyl (C=O) groups is 2. The molecule has 6 N–H and O–H groups in total. The molecule has 0 radical (unpaired) electrons. The van der Waals surface area contributed by atoms with Crippen LogP contribution in [-0.4, -0.2) is 45.6 Å². The molecule has 0 saturated heterocycles. The van der Waals surface area contributed by atoms with Gasteiger partial charge in [-0.1, -0.05) is 0 Å². The molecule has 16 heavy (non-hydrogen) atoms. The first-order valence-corrected chi connectivity index (χ1v) is 6.16. The third-order valence-electron chi connectivity index (χ3n) is 1.74. The largest absolute Gasteiger partial charge is 0.370 e. The van der Waals surface area contributed by atoms with Crippen molar-refractivity contribution in [2.45, 2.75) is 12.5 Å². The third kappa shape index (κ3) is 6.32. The van der Waals surface area contributed by atoms with Crippen molar-refractivity contribution < 1.29 is 18.0 Å². The fraction of sp³-hybridized carbons (Fsp3) is 0.714. The van der Waals surface area contributed by atoms with E-state index in [0.717, 1.165) is 0 Å². The lowest BCUT2D eigenvalue weighted by molar-refractivity contribution is -0.126. The van der Waals surface area contributed by atoms with Gasteiger partial charge in [0.25, 0.3) is 0 Å². The maximum absolute atomic E-state index is 11.2. The maximum atomic E-state index is 11.2. The number of primary amides is 1. The third-order valence-corrected chi connectivity index (χ3v) is 3.10. The summed E-state index contributed by atoms with van der Waals surface area (Å²) in [7, 11) is -2.09. The first-order chi connectivity index (χ1) is 7.28. The SMILES string of the molecule is CNS(=O)(=O)CCNC(=O)C(N)CC(N)=O. The van der Waals surface area contributed by atoms with Gasteiger partial charge in [-0.2, -0.15) is 0 Å². The minimum absolute atomic E-state index is 0.0749. The highest BCUT2D eigenvalue weighted by Gasteiger charge is 2.16. The van der Waals surface area contributed by atoms with E-state index in [1.54, 1.807) is 0 Å². The summed E-state index contributed by atoms with van der Waals surface area (Å²) < 4.78 is 24.0. The highest BCUT2D eigenvalue weighted by atomic mass is 32.2. The molecule has 0 aliphatic heterocycles. The fourth-order valence-electron chi connectivity index (χ4n) is 0.851. The van der Waals surface area contributed by atoms with Crippen LogP contribution in [0.15, 0.2) is 0 Å². The maximum Gasteiger partial charge on any atom is 0.237 e. The van der Waals surface area contributed by atoms with Gasteiger partial charge in [0.2, 0.25) is 21.8 Å². The molecule has 94 valence electrons. The summed E-state index contributed by atoms with van der Waals surface area (Å²) in [6, 6.07) is -1.05. The Morgan fingerprint density at radius 3 is 2.38 bits per heavy atom. The van der Waals surface area contributed by atoms with Crippen LogP contribution in [0.2, 0.25) is 0 Å². The number of hydrogen-bond donors (Lipinski definition) is 4. The summed E-state index contributed by atoms with van der Waals surface area (Å²) in [6.07, 6.45) is -0.273. The summed E-state index contributed by atoms with van der Waals surface area (Å²) >= 11 is 0. The van der Waals surface area contributed by atoms with Crippen LogP contribution >= 0.6 is 0 Å². The normalized spacial score (nSPS) is 13.1. The zero-order chi connectivity index (χ0) is 12.8. The Morgan fingerprint density at radius 2 is 1.94 bits per heavy atom. The highest BCUT2D eigenvalue weighted by Crippen LogP contribution is 1.87. The predicted molar refractivity (Wildman–Crippen MR) is 57.6 cm³/mol. The minimum Gasteiger partial charge on any atom is -0.370 e. The average Bonchev–Trinajstić information content (AvgIpc) is 2.16. The first-order valence-electron chi connectivity index (χ1n) is 4.51. The topological polar surface area (TPSA) is 144 Å². The van der Waals surface area contributed by atoms with Gasteiger partial charge in [0.1, 0.15) is 0 Å². The predicted octanol–water partition coefficient (Wildman–Crippen LogP) is -3.15. The molecule has 0 bridgehead atoms. The van der Waals surface area contributed by atoms with Crippen molar-refractivity contribution in [3.8, 4) is 0 Å². The molecule has 0 saturated carbocycles. The molecule has 2 amide bonds. The molecule has 0 fully saturated rings. The van der Waals surface area contributed by atoms with E-state index in [1.165, 1.54) is 7.05 Å². The van der Waals surface area contributed by atoms with E-state index >= 15 is 0 Å². The summed E-state index contributed by atoms with van der Waals surface area (Å²) in [5, 5.41) is 2.29. The van der Waals surface area contributed by atoms with Crippen LogP contribution in [0, 0.1) is 0 Å². The van der Waals surface area contributed by atoms with Crippen molar-refractivity contribution in [3.05, 3.63) is 0 Å². The summed E-state index contributed by atoms with van der Waals surface area (Å²) in [6.45, 7) is -0.0749. The van der Waals surface area contributed by atoms with Crippen LogP contribution in [-0.2, 0) is 19.6 Å². The number of hydrogen-bond acceptors (Lipinski definition) is 5. The van der Waals surface area contributed by atoms with Crippen molar-refractivity contribution in [3.63, 3.8) is 0 Å². The smallest absolute Gasteiger partial charge is 0.237 e. The Labute approximate surface area is 93.8 Å². The molecule has 0 aromatic rings. The molecule has 0 aliphatic rings. The Bertz CT molecular complexity index is 353. The zero-order valence-corrected chi connectivity index (χ0v) is 9.71. The highest BCUT2D eigenvalue weighted by molar-refractivity contribution is 7.89. The van der Waals surface area contributed by atoms with Crippen LogP contribution in [0.1, 0.15) is 6.42 Å². The van der Waals surface area contributed by atoms with Gasteiger partial charge in [0.15, 0.2) is 0 Å². The molecular weight excluding hydrogens is 236 g/mol. The van der Waals surface area contributed by atoms with Gasteiger partial charge in [-0.25, -0.2) is 13.1 Å². The van der Waals surface area contributed by atoms with Gasteiger partial charge in [0, 0.05) is 6.54 Å². The molecule has 1 atom stereocenters. The van der Waals surface area contributed by atoms with Crippen molar-refractivity contribution in [1.29, 1.82) is 0 Å². The lowest BCUT2D eigenvalue weighted by atomic mass is 10.2. The van der Waals surface area contributed by atoms with Crippen LogP contribution in [0.4, 0.5) is 0 Å². The van der Waals surface area contributed by atoms with Crippen molar-refractivity contribution in [1.82, 2.24) is 10.0 Å². The first kappa shape index (κ1) is 14.8. The summed E-state index contributed by atoms with van der Waals surface area (Å²) in [4.78, 5) is 21.6. The molecule has 0 rings (SSSR count). The number of nitrogens with one attached hydrogen (secondary N) is 2. The van der Waals surface area contributed by atoms with Crippen LogP contribution < -0.4 is 21.5 Å². The van der Waals surface area contributed by atoms with E-state index in [9.17, 15) is 18.0 Å². The lowest BCUT2D eigenvalue weighted by Gasteiger charge is -2.10. The number of sulfonamides is 1. The quantitative estimate of drug-likeness (QED) is 0.378. The zero-order valence-electron chi connectivity index (χ0n) is 8.89. The number of amides is 2. The fourth-order valence-corrected chi connectivity index (χ4v) is 1.43. The molecule has 0 heterocycles. The Balaban J connectivity index is 3.95. The van der Waals surface area contributed by atoms with Gasteiger partial charge in [-0.15, -0.1) is 0 Å². The Kier molecular flexibility index (Phi) is 5.93. The van der Waals surface area contributed by atoms with E-state index in [4.69, 9.17) is 11.5 Å². The molecule has 8 nitrogen and oxygen atoms in total. The van der Waals surface area contributed by atoms with Crippen molar-refractivity contribution in [2.75, 3.05) is 19.3 Å². The second kappa shape index (κ2) is 6.40. The molecule has 1 unspecified atom stereocenters. The van der Waals surface area contributed by atoms with Gasteiger partial charge in [-0.05, 0) is 7.05 Å². The number of carbonyl (C=O) groups excluding carboxylic acids is 2. The molecular formula is C7H16N4O4S. The number of rotatable bonds is 7. The summed E-state index contributed by atoms with van der Waals surface area (Å²) in [5.74, 6) is -1.55. The van der Waals surface area contributed by atoms with E-state index in [2.05, 4.69) is 10.0 Å². The van der Waals surface area contributed by atoms with Gasteiger partial charge in [0.05, 0.1) is 18.2 Å². The van der Waals surface area contributed by atoms with Crippen LogP contribution in [0.25, 0.3) is 0 Å². The summed E-state index contributed by atoms with van der Waals surface area (Å²) in [5.41, 5.74) is 10.2. The molecule has 0 aromatic heterocycles. The van der Waals surface area contributed by atoms with Gasteiger partial charge in [-0.3, -0.25) is 9.59 Å². The molecule has 0 aromatic carbocycles. The second-order valence-corrected chi connectivity index (χ2v) is 5.14. The van der Waals surface area contributed by atoms with Gasteiger partial charge >= 0.3 is 0 Å². The standard InChI is InChI=1S/C7H16N4O4S/c1-10-16(14,15)3-2-11-7(13)5(8)4-6(9)12/h5,10H,2-4,8H2,1H3,(H2,9,12)(H,11,13). The Morgan fingerprint density at radius 1 is 1.38 bits per heavy atom. The van der Waals surface area contributed by atoms with E-state index in [1.807, 2.05) is 0 Å².